The Morgan fingerprint density at radius 3 is 2.72 bits per heavy atom. The van der Waals surface area contributed by atoms with Gasteiger partial charge < -0.3 is 20.1 Å². The minimum atomic E-state index is 0. The van der Waals surface area contributed by atoms with Crippen LogP contribution in [0.5, 0.6) is 0 Å². The van der Waals surface area contributed by atoms with E-state index in [0.29, 0.717) is 29.4 Å². The van der Waals surface area contributed by atoms with Gasteiger partial charge in [0.15, 0.2) is 5.96 Å². The predicted molar refractivity (Wildman–Crippen MR) is 113 cm³/mol. The third kappa shape index (κ3) is 4.61. The summed E-state index contributed by atoms with van der Waals surface area (Å²) in [4.78, 5) is 4.42. The Hall–Kier alpha value is -0.0800. The summed E-state index contributed by atoms with van der Waals surface area (Å²) in [5.74, 6) is 2.29. The molecule has 5 nitrogen and oxygen atoms in total. The Kier molecular flexibility index (Phi) is 8.27. The van der Waals surface area contributed by atoms with E-state index < -0.39 is 0 Å². The van der Waals surface area contributed by atoms with Crippen molar-refractivity contribution in [3.05, 3.63) is 0 Å². The lowest BCUT2D eigenvalue weighted by Gasteiger charge is -2.57. The molecule has 3 rings (SSSR count). The topological polar surface area (TPSA) is 54.9 Å². The van der Waals surface area contributed by atoms with Gasteiger partial charge in [-0.1, -0.05) is 26.7 Å². The van der Waals surface area contributed by atoms with Crippen LogP contribution in [0.15, 0.2) is 4.99 Å². The summed E-state index contributed by atoms with van der Waals surface area (Å²) in [6.45, 7) is 7.78. The molecule has 2 N–H and O–H groups in total. The number of fused-ring (bicyclic) bond motifs is 2. The van der Waals surface area contributed by atoms with Crippen molar-refractivity contribution >= 4 is 29.9 Å². The van der Waals surface area contributed by atoms with E-state index in [1.54, 1.807) is 0 Å². The van der Waals surface area contributed by atoms with Gasteiger partial charge in [0, 0.05) is 44.2 Å². The Bertz CT molecular complexity index is 438. The summed E-state index contributed by atoms with van der Waals surface area (Å²) in [6.07, 6.45) is 8.12. The van der Waals surface area contributed by atoms with E-state index >= 15 is 0 Å². The highest BCUT2D eigenvalue weighted by atomic mass is 127. The minimum Gasteiger partial charge on any atom is -0.380 e. The fourth-order valence-electron chi connectivity index (χ4n) is 4.91. The maximum atomic E-state index is 6.06. The molecule has 0 aromatic heterocycles. The van der Waals surface area contributed by atoms with Gasteiger partial charge in [-0.15, -0.1) is 24.0 Å². The number of nitrogens with one attached hydrogen (secondary N) is 2. The number of nitrogens with zero attached hydrogens (tertiary/aromatic N) is 1. The fraction of sp³-hybridized carbons (Fsp3) is 0.947. The first-order chi connectivity index (χ1) is 11.7. The van der Waals surface area contributed by atoms with Crippen LogP contribution >= 0.6 is 24.0 Å². The van der Waals surface area contributed by atoms with E-state index in [1.165, 1.54) is 32.1 Å². The standard InChI is InChI=1S/C19H35N3O2.HI/c1-14(2)6-11-23-13-10-21-18(20-3)22-16-15-7-12-24-17(15)19(16)8-4-5-9-19;/h14-17H,4-13H2,1-3H3,(H2,20,21,22);1H. The van der Waals surface area contributed by atoms with Crippen molar-refractivity contribution in [3.63, 3.8) is 0 Å². The molecule has 2 aliphatic carbocycles. The number of aliphatic imine (C=N–C) groups is 1. The van der Waals surface area contributed by atoms with E-state index in [-0.39, 0.29) is 24.0 Å². The van der Waals surface area contributed by atoms with E-state index in [1.807, 2.05) is 7.05 Å². The number of guanidine groups is 1. The molecular formula is C19H36IN3O2. The van der Waals surface area contributed by atoms with Crippen LogP contribution in [0.3, 0.4) is 0 Å². The number of rotatable bonds is 7. The maximum Gasteiger partial charge on any atom is 0.191 e. The number of ether oxygens (including phenoxy) is 2. The van der Waals surface area contributed by atoms with Gasteiger partial charge in [0.2, 0.25) is 0 Å². The van der Waals surface area contributed by atoms with Crippen LogP contribution in [-0.4, -0.2) is 51.5 Å². The van der Waals surface area contributed by atoms with Crippen LogP contribution < -0.4 is 10.6 Å². The molecule has 1 saturated heterocycles. The molecule has 2 saturated carbocycles. The predicted octanol–water partition coefficient (Wildman–Crippen LogP) is 3.18. The zero-order valence-corrected chi connectivity index (χ0v) is 18.4. The zero-order valence-electron chi connectivity index (χ0n) is 16.1. The van der Waals surface area contributed by atoms with E-state index in [2.05, 4.69) is 29.5 Å². The van der Waals surface area contributed by atoms with Crippen molar-refractivity contribution in [1.29, 1.82) is 0 Å². The molecule has 25 heavy (non-hydrogen) atoms. The molecule has 0 aromatic rings. The maximum absolute atomic E-state index is 6.06. The Labute approximate surface area is 170 Å². The summed E-state index contributed by atoms with van der Waals surface area (Å²) in [6, 6.07) is 0.528. The molecule has 0 radical (unpaired) electrons. The molecule has 3 aliphatic rings. The van der Waals surface area contributed by atoms with E-state index in [4.69, 9.17) is 9.47 Å². The molecule has 1 spiro atoms. The normalized spacial score (nSPS) is 30.1. The first-order valence-corrected chi connectivity index (χ1v) is 9.84. The highest BCUT2D eigenvalue weighted by Crippen LogP contribution is 2.60. The molecular weight excluding hydrogens is 429 g/mol. The summed E-state index contributed by atoms with van der Waals surface area (Å²) in [5, 5.41) is 7.14. The lowest BCUT2D eigenvalue weighted by atomic mass is 9.54. The second kappa shape index (κ2) is 9.74. The molecule has 1 heterocycles. The fourth-order valence-corrected chi connectivity index (χ4v) is 4.91. The van der Waals surface area contributed by atoms with Gasteiger partial charge in [0.25, 0.3) is 0 Å². The molecule has 6 heteroatoms. The SMILES string of the molecule is CN=C(NCCOCCC(C)C)NC1C2CCOC2C12CCCC2.I. The van der Waals surface area contributed by atoms with E-state index in [0.717, 1.165) is 38.7 Å². The quantitative estimate of drug-likeness (QED) is 0.263. The minimum absolute atomic E-state index is 0. The third-order valence-electron chi connectivity index (χ3n) is 6.18. The van der Waals surface area contributed by atoms with Crippen molar-refractivity contribution < 1.29 is 9.47 Å². The Balaban J connectivity index is 0.00000225. The summed E-state index contributed by atoms with van der Waals surface area (Å²) < 4.78 is 11.7. The molecule has 3 atom stereocenters. The average molecular weight is 465 g/mol. The zero-order chi connectivity index (χ0) is 17.0. The Morgan fingerprint density at radius 2 is 2.04 bits per heavy atom. The van der Waals surface area contributed by atoms with Gasteiger partial charge in [-0.25, -0.2) is 0 Å². The highest BCUT2D eigenvalue weighted by Gasteiger charge is 2.65. The van der Waals surface area contributed by atoms with Crippen molar-refractivity contribution in [2.75, 3.05) is 33.4 Å². The summed E-state index contributed by atoms with van der Waals surface area (Å²) >= 11 is 0. The van der Waals surface area contributed by atoms with E-state index in [9.17, 15) is 0 Å². The van der Waals surface area contributed by atoms with Crippen molar-refractivity contribution in [1.82, 2.24) is 10.6 Å². The lowest BCUT2D eigenvalue weighted by molar-refractivity contribution is -0.125. The average Bonchev–Trinajstić information content (AvgIpc) is 3.21. The second-order valence-electron chi connectivity index (χ2n) is 8.10. The first-order valence-electron chi connectivity index (χ1n) is 9.84. The molecule has 3 unspecified atom stereocenters. The Morgan fingerprint density at radius 1 is 1.28 bits per heavy atom. The van der Waals surface area contributed by atoms with Crippen LogP contribution in [-0.2, 0) is 9.47 Å². The summed E-state index contributed by atoms with van der Waals surface area (Å²) in [7, 11) is 1.86. The van der Waals surface area contributed by atoms with Crippen molar-refractivity contribution in [2.45, 2.75) is 64.5 Å². The second-order valence-corrected chi connectivity index (χ2v) is 8.10. The van der Waals surface area contributed by atoms with Crippen molar-refractivity contribution in [2.24, 2.45) is 22.2 Å². The molecule has 3 fully saturated rings. The highest BCUT2D eigenvalue weighted by molar-refractivity contribution is 14.0. The molecule has 0 bridgehead atoms. The third-order valence-corrected chi connectivity index (χ3v) is 6.18. The first kappa shape index (κ1) is 21.2. The van der Waals surface area contributed by atoms with Gasteiger partial charge in [-0.2, -0.15) is 0 Å². The van der Waals surface area contributed by atoms with Gasteiger partial charge >= 0.3 is 0 Å². The van der Waals surface area contributed by atoms with Gasteiger partial charge in [-0.05, 0) is 31.6 Å². The molecule has 1 aliphatic heterocycles. The molecule has 0 aromatic carbocycles. The van der Waals surface area contributed by atoms with Gasteiger partial charge in [0.1, 0.15) is 0 Å². The number of halogens is 1. The van der Waals surface area contributed by atoms with Crippen LogP contribution in [0.2, 0.25) is 0 Å². The summed E-state index contributed by atoms with van der Waals surface area (Å²) in [5.41, 5.74) is 0.368. The lowest BCUT2D eigenvalue weighted by Crippen LogP contribution is -2.69. The van der Waals surface area contributed by atoms with Gasteiger partial charge in [0.05, 0.1) is 12.7 Å². The number of hydrogen-bond acceptors (Lipinski definition) is 3. The van der Waals surface area contributed by atoms with Gasteiger partial charge in [-0.3, -0.25) is 4.99 Å². The largest absolute Gasteiger partial charge is 0.380 e. The monoisotopic (exact) mass is 465 g/mol. The van der Waals surface area contributed by atoms with Crippen LogP contribution in [0, 0.1) is 17.3 Å². The number of hydrogen-bond donors (Lipinski definition) is 2. The van der Waals surface area contributed by atoms with Crippen LogP contribution in [0.25, 0.3) is 0 Å². The molecule has 146 valence electrons. The van der Waals surface area contributed by atoms with Crippen LogP contribution in [0.4, 0.5) is 0 Å². The smallest absolute Gasteiger partial charge is 0.191 e. The molecule has 0 amide bonds. The van der Waals surface area contributed by atoms with Crippen molar-refractivity contribution in [3.8, 4) is 0 Å². The van der Waals surface area contributed by atoms with Crippen LogP contribution in [0.1, 0.15) is 52.4 Å².